The minimum atomic E-state index is 0.191. The largest absolute Gasteiger partial charge is 0.339 e. The highest BCUT2D eigenvalue weighted by Gasteiger charge is 2.25. The van der Waals surface area contributed by atoms with Crippen LogP contribution in [0.1, 0.15) is 44.6 Å². The molecule has 0 saturated heterocycles. The van der Waals surface area contributed by atoms with Crippen LogP contribution in [0.25, 0.3) is 11.4 Å². The van der Waals surface area contributed by atoms with E-state index in [4.69, 9.17) is 0 Å². The molecule has 3 aromatic rings. The molecule has 0 bridgehead atoms. The first kappa shape index (κ1) is 21.6. The summed E-state index contributed by atoms with van der Waals surface area (Å²) in [7, 11) is 0. The monoisotopic (exact) mass is 435 g/mol. The summed E-state index contributed by atoms with van der Waals surface area (Å²) in [6, 6.07) is 14.5. The number of carbonyl (C=O) groups excluding carboxylic acids is 1. The Bertz CT molecular complexity index is 970. The molecule has 1 aromatic carbocycles. The van der Waals surface area contributed by atoms with Gasteiger partial charge in [0.05, 0.1) is 12.3 Å². The molecule has 0 atom stereocenters. The lowest BCUT2D eigenvalue weighted by atomic mass is 9.94. The van der Waals surface area contributed by atoms with Gasteiger partial charge in [-0.3, -0.25) is 14.3 Å². The lowest BCUT2D eigenvalue weighted by Crippen LogP contribution is -2.42. The molecule has 31 heavy (non-hydrogen) atoms. The Balaban J connectivity index is 1.53. The molecule has 1 amide bonds. The van der Waals surface area contributed by atoms with E-state index in [1.165, 1.54) is 31.0 Å². The zero-order valence-corrected chi connectivity index (χ0v) is 18.8. The highest BCUT2D eigenvalue weighted by Crippen LogP contribution is 2.27. The summed E-state index contributed by atoms with van der Waals surface area (Å²) in [6.07, 6.45) is 9.53. The van der Waals surface area contributed by atoms with Crippen LogP contribution in [0.3, 0.4) is 0 Å². The zero-order valence-electron chi connectivity index (χ0n) is 18.0. The molecule has 162 valence electrons. The van der Waals surface area contributed by atoms with E-state index in [0.29, 0.717) is 18.3 Å². The summed E-state index contributed by atoms with van der Waals surface area (Å²) in [4.78, 5) is 19.3. The second-order valence-corrected chi connectivity index (χ2v) is 8.82. The number of hydrogen-bond acceptors (Lipinski definition) is 5. The van der Waals surface area contributed by atoms with Gasteiger partial charge in [0.1, 0.15) is 0 Å². The van der Waals surface area contributed by atoms with Crippen LogP contribution in [0, 0.1) is 0 Å². The molecular weight excluding hydrogens is 406 g/mol. The number of pyridine rings is 1. The number of hydrogen-bond donors (Lipinski definition) is 0. The van der Waals surface area contributed by atoms with Crippen molar-refractivity contribution in [2.24, 2.45) is 0 Å². The van der Waals surface area contributed by atoms with Crippen molar-refractivity contribution in [1.29, 1.82) is 0 Å². The topological polar surface area (TPSA) is 63.9 Å². The Morgan fingerprint density at radius 1 is 1.10 bits per heavy atom. The van der Waals surface area contributed by atoms with E-state index < -0.39 is 0 Å². The second kappa shape index (κ2) is 10.6. The van der Waals surface area contributed by atoms with Gasteiger partial charge < -0.3 is 4.90 Å². The van der Waals surface area contributed by atoms with Crippen LogP contribution < -0.4 is 0 Å². The van der Waals surface area contributed by atoms with E-state index >= 15 is 0 Å². The SMILES string of the molecule is CCN(C(=O)CSc1nnc(-c2cccnc2)n1Cc1ccccc1)C1CCCCC1. The number of thioether (sulfide) groups is 1. The number of amides is 1. The van der Waals surface area contributed by atoms with Crippen LogP contribution >= 0.6 is 11.8 Å². The standard InChI is InChI=1S/C24H29N5OS/c1-2-28(21-13-7-4-8-14-21)22(30)18-31-24-27-26-23(20-12-9-15-25-16-20)29(24)17-19-10-5-3-6-11-19/h3,5-6,9-12,15-16,21H,2,4,7-8,13-14,17-18H2,1H3. The zero-order chi connectivity index (χ0) is 21.5. The van der Waals surface area contributed by atoms with Crippen molar-refractivity contribution in [2.45, 2.75) is 56.8 Å². The van der Waals surface area contributed by atoms with Crippen molar-refractivity contribution in [2.75, 3.05) is 12.3 Å². The summed E-state index contributed by atoms with van der Waals surface area (Å²) in [5.74, 6) is 1.34. The van der Waals surface area contributed by atoms with E-state index in [0.717, 1.165) is 41.5 Å². The van der Waals surface area contributed by atoms with Gasteiger partial charge in [0.15, 0.2) is 11.0 Å². The lowest BCUT2D eigenvalue weighted by Gasteiger charge is -2.33. The van der Waals surface area contributed by atoms with Crippen molar-refractivity contribution in [1.82, 2.24) is 24.6 Å². The molecule has 0 N–H and O–H groups in total. The van der Waals surface area contributed by atoms with Crippen molar-refractivity contribution >= 4 is 17.7 Å². The van der Waals surface area contributed by atoms with Gasteiger partial charge in [0.25, 0.3) is 0 Å². The number of aromatic nitrogens is 4. The number of nitrogens with zero attached hydrogens (tertiary/aromatic N) is 5. The van der Waals surface area contributed by atoms with Gasteiger partial charge in [-0.15, -0.1) is 10.2 Å². The summed E-state index contributed by atoms with van der Waals surface area (Å²) < 4.78 is 2.08. The van der Waals surface area contributed by atoms with Crippen molar-refractivity contribution < 1.29 is 4.79 Å². The predicted molar refractivity (Wildman–Crippen MR) is 124 cm³/mol. The molecule has 6 nitrogen and oxygen atoms in total. The molecule has 0 aliphatic heterocycles. The van der Waals surface area contributed by atoms with Crippen molar-refractivity contribution in [3.05, 3.63) is 60.4 Å². The molecule has 2 aromatic heterocycles. The smallest absolute Gasteiger partial charge is 0.233 e. The third-order valence-electron chi connectivity index (χ3n) is 5.82. The molecule has 1 saturated carbocycles. The lowest BCUT2D eigenvalue weighted by molar-refractivity contribution is -0.131. The van der Waals surface area contributed by atoms with Crippen molar-refractivity contribution in [3.63, 3.8) is 0 Å². The summed E-state index contributed by atoms with van der Waals surface area (Å²) in [5, 5.41) is 9.64. The molecule has 1 aliphatic rings. The minimum Gasteiger partial charge on any atom is -0.339 e. The van der Waals surface area contributed by atoms with Crippen LogP contribution in [-0.2, 0) is 11.3 Å². The number of carbonyl (C=O) groups is 1. The number of rotatable bonds is 8. The van der Waals surface area contributed by atoms with Gasteiger partial charge in [-0.05, 0) is 37.5 Å². The van der Waals surface area contributed by atoms with E-state index in [1.54, 1.807) is 12.4 Å². The van der Waals surface area contributed by atoms with Crippen LogP contribution in [0.15, 0.2) is 60.0 Å². The van der Waals surface area contributed by atoms with Crippen LogP contribution in [0.2, 0.25) is 0 Å². The summed E-state index contributed by atoms with van der Waals surface area (Å²) in [6.45, 7) is 3.49. The van der Waals surface area contributed by atoms with Gasteiger partial charge in [0, 0.05) is 30.5 Å². The highest BCUT2D eigenvalue weighted by atomic mass is 32.2. The Morgan fingerprint density at radius 3 is 2.61 bits per heavy atom. The first-order valence-corrected chi connectivity index (χ1v) is 12.0. The molecule has 1 aliphatic carbocycles. The average molecular weight is 436 g/mol. The van der Waals surface area contributed by atoms with E-state index in [2.05, 4.69) is 43.7 Å². The molecule has 1 fully saturated rings. The van der Waals surface area contributed by atoms with Gasteiger partial charge in [-0.2, -0.15) is 0 Å². The maximum Gasteiger partial charge on any atom is 0.233 e. The number of benzene rings is 1. The van der Waals surface area contributed by atoms with E-state index in [1.807, 2.05) is 30.3 Å². The Labute approximate surface area is 188 Å². The quantitative estimate of drug-likeness (QED) is 0.482. The van der Waals surface area contributed by atoms with Crippen LogP contribution in [0.4, 0.5) is 0 Å². The van der Waals surface area contributed by atoms with Crippen molar-refractivity contribution in [3.8, 4) is 11.4 Å². The van der Waals surface area contributed by atoms with E-state index in [9.17, 15) is 4.79 Å². The normalized spacial score (nSPS) is 14.5. The first-order chi connectivity index (χ1) is 15.3. The van der Waals surface area contributed by atoms with Crippen LogP contribution in [0.5, 0.6) is 0 Å². The minimum absolute atomic E-state index is 0.191. The predicted octanol–water partition coefficient (Wildman–Crippen LogP) is 4.66. The van der Waals surface area contributed by atoms with Gasteiger partial charge in [-0.1, -0.05) is 61.4 Å². The van der Waals surface area contributed by atoms with E-state index in [-0.39, 0.29) is 5.91 Å². The third-order valence-corrected chi connectivity index (χ3v) is 6.77. The fourth-order valence-electron chi connectivity index (χ4n) is 4.25. The maximum absolute atomic E-state index is 13.0. The van der Waals surface area contributed by atoms with Gasteiger partial charge in [0.2, 0.25) is 5.91 Å². The molecule has 2 heterocycles. The fourth-order valence-corrected chi connectivity index (χ4v) is 5.08. The fraction of sp³-hybridized carbons (Fsp3) is 0.417. The van der Waals surface area contributed by atoms with Crippen LogP contribution in [-0.4, -0.2) is 48.9 Å². The summed E-state index contributed by atoms with van der Waals surface area (Å²) >= 11 is 1.48. The maximum atomic E-state index is 13.0. The molecule has 0 radical (unpaired) electrons. The molecule has 0 spiro atoms. The average Bonchev–Trinajstić information content (AvgIpc) is 3.22. The highest BCUT2D eigenvalue weighted by molar-refractivity contribution is 7.99. The second-order valence-electron chi connectivity index (χ2n) is 7.88. The molecule has 0 unspecified atom stereocenters. The first-order valence-electron chi connectivity index (χ1n) is 11.1. The molecule has 4 rings (SSSR count). The summed E-state index contributed by atoms with van der Waals surface area (Å²) in [5.41, 5.74) is 2.08. The van der Waals surface area contributed by atoms with Gasteiger partial charge in [-0.25, -0.2) is 0 Å². The Hall–Kier alpha value is -2.67. The Morgan fingerprint density at radius 2 is 1.90 bits per heavy atom. The Kier molecular flexibility index (Phi) is 7.35. The van der Waals surface area contributed by atoms with Gasteiger partial charge >= 0.3 is 0 Å². The molecule has 7 heteroatoms. The molecular formula is C24H29N5OS. The third kappa shape index (κ3) is 5.34.